The number of aliphatic carboxylic acids is 1. The molecule has 2 aromatic rings. The number of amides is 1. The number of unbranched alkanes of at least 4 members (excludes halogenated alkanes) is 1. The maximum Gasteiger partial charge on any atom is 0.342 e. The van der Waals surface area contributed by atoms with E-state index in [0.29, 0.717) is 29.0 Å². The monoisotopic (exact) mass is 403 g/mol. The predicted octanol–water partition coefficient (Wildman–Crippen LogP) is 4.95. The molecule has 2 N–H and O–H groups in total. The van der Waals surface area contributed by atoms with Crippen LogP contribution in [0, 0.1) is 0 Å². The molecule has 7 heteroatoms. The quantitative estimate of drug-likeness (QED) is 0.480. The molecule has 0 aliphatic heterocycles. The number of hydrogen-bond acceptors (Lipinski definition) is 5. The van der Waals surface area contributed by atoms with Crippen molar-refractivity contribution in [2.24, 2.45) is 0 Å². The third-order valence-corrected chi connectivity index (χ3v) is 4.67. The average molecular weight is 404 g/mol. The van der Waals surface area contributed by atoms with E-state index in [0.717, 1.165) is 5.56 Å². The highest BCUT2D eigenvalue weighted by Crippen LogP contribution is 2.37. The van der Waals surface area contributed by atoms with E-state index in [4.69, 9.17) is 9.84 Å². The van der Waals surface area contributed by atoms with E-state index < -0.39 is 17.5 Å². The fourth-order valence-corrected chi connectivity index (χ4v) is 3.54. The summed E-state index contributed by atoms with van der Waals surface area (Å²) in [7, 11) is 0. The molecule has 1 aromatic carbocycles. The zero-order valence-corrected chi connectivity index (χ0v) is 17.1. The van der Waals surface area contributed by atoms with Crippen LogP contribution < -0.4 is 5.32 Å². The first kappa shape index (κ1) is 21.6. The van der Waals surface area contributed by atoms with Gasteiger partial charge in [0.1, 0.15) is 16.2 Å². The highest BCUT2D eigenvalue weighted by molar-refractivity contribution is 7.15. The number of rotatable bonds is 8. The maximum absolute atomic E-state index is 12.8. The standard InChI is InChI=1S/C21H25NO5S/c1-21(2,3)27-20(26)18-15(14-9-5-4-6-10-14)13-28-19(18)22-16(23)11-7-8-12-17(24)25/h4-6,9-10,13H,7-8,11-12H2,1-3H3,(H,22,23)(H,24,25). The molecule has 6 nitrogen and oxygen atoms in total. The number of carboxylic acids is 1. The van der Waals surface area contributed by atoms with Gasteiger partial charge in [0.05, 0.1) is 0 Å². The van der Waals surface area contributed by atoms with Crippen molar-refractivity contribution in [3.8, 4) is 11.1 Å². The van der Waals surface area contributed by atoms with Crippen LogP contribution in [0.25, 0.3) is 11.1 Å². The van der Waals surface area contributed by atoms with Gasteiger partial charge >= 0.3 is 11.9 Å². The van der Waals surface area contributed by atoms with Gasteiger partial charge in [-0.05, 0) is 39.2 Å². The number of thiophene rings is 1. The lowest BCUT2D eigenvalue weighted by atomic mass is 10.0. The fourth-order valence-electron chi connectivity index (χ4n) is 2.56. The van der Waals surface area contributed by atoms with Gasteiger partial charge in [-0.15, -0.1) is 11.3 Å². The Balaban J connectivity index is 2.21. The van der Waals surface area contributed by atoms with Crippen molar-refractivity contribution in [1.29, 1.82) is 0 Å². The van der Waals surface area contributed by atoms with Gasteiger partial charge < -0.3 is 15.2 Å². The van der Waals surface area contributed by atoms with E-state index in [1.807, 2.05) is 35.7 Å². The van der Waals surface area contributed by atoms with Crippen LogP contribution in [0.5, 0.6) is 0 Å². The Morgan fingerprint density at radius 2 is 1.71 bits per heavy atom. The number of nitrogens with one attached hydrogen (secondary N) is 1. The molecule has 1 heterocycles. The molecule has 0 saturated heterocycles. The minimum atomic E-state index is -0.877. The van der Waals surface area contributed by atoms with Crippen LogP contribution in [-0.2, 0) is 14.3 Å². The largest absolute Gasteiger partial charge is 0.481 e. The fraction of sp³-hybridized carbons (Fsp3) is 0.381. The van der Waals surface area contributed by atoms with Crippen molar-refractivity contribution in [2.45, 2.75) is 52.1 Å². The second-order valence-electron chi connectivity index (χ2n) is 7.37. The van der Waals surface area contributed by atoms with Crippen molar-refractivity contribution in [3.63, 3.8) is 0 Å². The summed E-state index contributed by atoms with van der Waals surface area (Å²) in [6.07, 6.45) is 1.13. The molecule has 28 heavy (non-hydrogen) atoms. The van der Waals surface area contributed by atoms with Gasteiger partial charge in [-0.2, -0.15) is 0 Å². The van der Waals surface area contributed by atoms with Crippen molar-refractivity contribution < 1.29 is 24.2 Å². The number of benzene rings is 1. The summed E-state index contributed by atoms with van der Waals surface area (Å²) in [6.45, 7) is 5.38. The predicted molar refractivity (Wildman–Crippen MR) is 110 cm³/mol. The number of ether oxygens (including phenoxy) is 1. The lowest BCUT2D eigenvalue weighted by molar-refractivity contribution is -0.137. The van der Waals surface area contributed by atoms with Crippen LogP contribution in [0.15, 0.2) is 35.7 Å². The van der Waals surface area contributed by atoms with Crippen molar-refractivity contribution in [3.05, 3.63) is 41.3 Å². The molecule has 0 saturated carbocycles. The second-order valence-corrected chi connectivity index (χ2v) is 8.25. The van der Waals surface area contributed by atoms with Gasteiger partial charge in [-0.25, -0.2) is 4.79 Å². The highest BCUT2D eigenvalue weighted by Gasteiger charge is 2.26. The number of hydrogen-bond donors (Lipinski definition) is 2. The molecule has 1 aromatic heterocycles. The number of carbonyl (C=O) groups excluding carboxylic acids is 2. The molecule has 150 valence electrons. The summed E-state index contributed by atoms with van der Waals surface area (Å²) in [5, 5.41) is 13.7. The van der Waals surface area contributed by atoms with Crippen LogP contribution in [0.3, 0.4) is 0 Å². The summed E-state index contributed by atoms with van der Waals surface area (Å²) < 4.78 is 5.54. The Labute approximate surface area is 168 Å². The molecule has 0 spiro atoms. The zero-order valence-electron chi connectivity index (χ0n) is 16.3. The van der Waals surface area contributed by atoms with E-state index in [1.165, 1.54) is 11.3 Å². The summed E-state index contributed by atoms with van der Waals surface area (Å²) in [4.78, 5) is 35.6. The van der Waals surface area contributed by atoms with E-state index in [-0.39, 0.29) is 18.7 Å². The lowest BCUT2D eigenvalue weighted by Crippen LogP contribution is -2.25. The van der Waals surface area contributed by atoms with Crippen LogP contribution in [0.4, 0.5) is 5.00 Å². The third kappa shape index (κ3) is 6.49. The number of carbonyl (C=O) groups is 3. The first-order chi connectivity index (χ1) is 13.2. The minimum Gasteiger partial charge on any atom is -0.481 e. The zero-order chi connectivity index (χ0) is 20.7. The molecular formula is C21H25NO5S. The molecule has 0 unspecified atom stereocenters. The van der Waals surface area contributed by atoms with Gasteiger partial charge in [0.15, 0.2) is 0 Å². The average Bonchev–Trinajstić information content (AvgIpc) is 3.01. The van der Waals surface area contributed by atoms with Crippen molar-refractivity contribution >= 4 is 34.2 Å². The third-order valence-electron chi connectivity index (χ3n) is 3.78. The van der Waals surface area contributed by atoms with Crippen molar-refractivity contribution in [1.82, 2.24) is 0 Å². The van der Waals surface area contributed by atoms with Crippen LogP contribution in [0.2, 0.25) is 0 Å². The molecule has 0 aliphatic carbocycles. The topological polar surface area (TPSA) is 92.7 Å². The second kappa shape index (κ2) is 9.50. The first-order valence-corrected chi connectivity index (χ1v) is 9.97. The van der Waals surface area contributed by atoms with Crippen LogP contribution in [-0.4, -0.2) is 28.6 Å². The number of carboxylic acid groups (broad SMARTS) is 1. The Kier molecular flexibility index (Phi) is 7.34. The van der Waals surface area contributed by atoms with Crippen molar-refractivity contribution in [2.75, 3.05) is 5.32 Å². The Bertz CT molecular complexity index is 836. The Morgan fingerprint density at radius 3 is 2.32 bits per heavy atom. The summed E-state index contributed by atoms with van der Waals surface area (Å²) in [5.74, 6) is -1.62. The molecule has 0 atom stereocenters. The van der Waals surface area contributed by atoms with Gasteiger partial charge in [0.25, 0.3) is 0 Å². The van der Waals surface area contributed by atoms with E-state index >= 15 is 0 Å². The SMILES string of the molecule is CC(C)(C)OC(=O)c1c(-c2ccccc2)csc1NC(=O)CCCCC(=O)O. The number of anilines is 1. The summed E-state index contributed by atoms with van der Waals surface area (Å²) in [5.41, 5.74) is 1.25. The number of esters is 1. The van der Waals surface area contributed by atoms with E-state index in [9.17, 15) is 14.4 Å². The Hall–Kier alpha value is -2.67. The molecule has 0 aliphatic rings. The molecule has 1 amide bonds. The Morgan fingerprint density at radius 1 is 1.07 bits per heavy atom. The van der Waals surface area contributed by atoms with E-state index in [1.54, 1.807) is 20.8 Å². The van der Waals surface area contributed by atoms with Gasteiger partial charge in [-0.3, -0.25) is 9.59 Å². The lowest BCUT2D eigenvalue weighted by Gasteiger charge is -2.20. The van der Waals surface area contributed by atoms with Gasteiger partial charge in [0, 0.05) is 23.8 Å². The van der Waals surface area contributed by atoms with Gasteiger partial charge in [0.2, 0.25) is 5.91 Å². The van der Waals surface area contributed by atoms with Crippen LogP contribution >= 0.6 is 11.3 Å². The normalized spacial score (nSPS) is 11.1. The summed E-state index contributed by atoms with van der Waals surface area (Å²) in [6, 6.07) is 9.45. The van der Waals surface area contributed by atoms with E-state index in [2.05, 4.69) is 5.32 Å². The molecule has 0 radical (unpaired) electrons. The van der Waals surface area contributed by atoms with Gasteiger partial charge in [-0.1, -0.05) is 30.3 Å². The highest BCUT2D eigenvalue weighted by atomic mass is 32.1. The summed E-state index contributed by atoms with van der Waals surface area (Å²) >= 11 is 1.27. The smallest absolute Gasteiger partial charge is 0.342 e. The minimum absolute atomic E-state index is 0.0353. The molecule has 0 bridgehead atoms. The van der Waals surface area contributed by atoms with Crippen LogP contribution in [0.1, 0.15) is 56.8 Å². The first-order valence-electron chi connectivity index (χ1n) is 9.09. The molecule has 0 fully saturated rings. The maximum atomic E-state index is 12.8. The molecule has 2 rings (SSSR count). The molecular weight excluding hydrogens is 378 g/mol.